The molecule has 3 aromatic carbocycles. The molecule has 0 unspecified atom stereocenters. The Morgan fingerprint density at radius 1 is 0.844 bits per heavy atom. The fourth-order valence-electron chi connectivity index (χ4n) is 2.62. The summed E-state index contributed by atoms with van der Waals surface area (Å²) in [6.45, 7) is 1.82. The Balaban J connectivity index is 1.51. The summed E-state index contributed by atoms with van der Waals surface area (Å²) in [6.07, 6.45) is 1.37. The van der Waals surface area contributed by atoms with Gasteiger partial charge in [-0.15, -0.1) is 0 Å². The van der Waals surface area contributed by atoms with Crippen molar-refractivity contribution in [2.24, 2.45) is 5.10 Å². The van der Waals surface area contributed by atoms with E-state index >= 15 is 0 Å². The highest BCUT2D eigenvalue weighted by atomic mass is 16.5. The average molecular weight is 431 g/mol. The normalized spacial score (nSPS) is 10.4. The van der Waals surface area contributed by atoms with Crippen molar-refractivity contribution in [1.29, 1.82) is 0 Å². The van der Waals surface area contributed by atoms with Crippen LogP contribution in [0, 0.1) is 6.92 Å². The molecule has 0 saturated heterocycles. The smallest absolute Gasteiger partial charge is 0.343 e. The van der Waals surface area contributed by atoms with Crippen LogP contribution in [0.2, 0.25) is 0 Å². The van der Waals surface area contributed by atoms with Gasteiger partial charge in [0.1, 0.15) is 11.5 Å². The van der Waals surface area contributed by atoms with Crippen molar-refractivity contribution >= 4 is 29.7 Å². The standard InChI is InChI=1S/C24H21N3O5/c1-16-5-3-4-6-21(16)26-22(28)23(29)27-25-15-17-7-11-20(12-8-17)32-24(30)18-9-13-19(31-2)14-10-18/h3-15H,1-2H3,(H,26,28)(H,27,29)/b25-15+. The molecule has 0 bridgehead atoms. The lowest BCUT2D eigenvalue weighted by molar-refractivity contribution is -0.136. The van der Waals surface area contributed by atoms with Gasteiger partial charge in [0.2, 0.25) is 0 Å². The highest BCUT2D eigenvalue weighted by molar-refractivity contribution is 6.39. The maximum Gasteiger partial charge on any atom is 0.343 e. The third-order valence-corrected chi connectivity index (χ3v) is 4.40. The zero-order valence-corrected chi connectivity index (χ0v) is 17.5. The lowest BCUT2D eigenvalue weighted by Gasteiger charge is -2.06. The molecule has 0 fully saturated rings. The Morgan fingerprint density at radius 2 is 1.50 bits per heavy atom. The van der Waals surface area contributed by atoms with Crippen molar-refractivity contribution in [3.63, 3.8) is 0 Å². The lowest BCUT2D eigenvalue weighted by atomic mass is 10.2. The van der Waals surface area contributed by atoms with E-state index in [1.54, 1.807) is 67.8 Å². The molecule has 0 aliphatic rings. The van der Waals surface area contributed by atoms with E-state index in [1.165, 1.54) is 6.21 Å². The van der Waals surface area contributed by atoms with E-state index in [4.69, 9.17) is 9.47 Å². The van der Waals surface area contributed by atoms with Gasteiger partial charge in [0.05, 0.1) is 18.9 Å². The minimum atomic E-state index is -0.894. The largest absolute Gasteiger partial charge is 0.497 e. The highest BCUT2D eigenvalue weighted by Gasteiger charge is 2.13. The molecule has 162 valence electrons. The van der Waals surface area contributed by atoms with Gasteiger partial charge in [0.15, 0.2) is 0 Å². The van der Waals surface area contributed by atoms with E-state index in [0.29, 0.717) is 28.3 Å². The van der Waals surface area contributed by atoms with Gasteiger partial charge in [-0.05, 0) is 72.6 Å². The second-order valence-corrected chi connectivity index (χ2v) is 6.66. The van der Waals surface area contributed by atoms with Gasteiger partial charge >= 0.3 is 17.8 Å². The minimum Gasteiger partial charge on any atom is -0.497 e. The van der Waals surface area contributed by atoms with E-state index in [9.17, 15) is 14.4 Å². The van der Waals surface area contributed by atoms with Gasteiger partial charge < -0.3 is 14.8 Å². The van der Waals surface area contributed by atoms with Crippen LogP contribution in [0.3, 0.4) is 0 Å². The first-order valence-corrected chi connectivity index (χ1v) is 9.62. The number of aryl methyl sites for hydroxylation is 1. The maximum atomic E-state index is 12.2. The predicted octanol–water partition coefficient (Wildman–Crippen LogP) is 3.31. The Hall–Kier alpha value is -4.46. The zero-order chi connectivity index (χ0) is 22.9. The Labute approximate surface area is 184 Å². The average Bonchev–Trinajstić information content (AvgIpc) is 2.81. The van der Waals surface area contributed by atoms with E-state index < -0.39 is 17.8 Å². The third-order valence-electron chi connectivity index (χ3n) is 4.40. The molecule has 0 saturated carbocycles. The van der Waals surface area contributed by atoms with Gasteiger partial charge in [-0.1, -0.05) is 18.2 Å². The van der Waals surface area contributed by atoms with Gasteiger partial charge in [-0.2, -0.15) is 5.10 Å². The van der Waals surface area contributed by atoms with Gasteiger partial charge in [0.25, 0.3) is 0 Å². The number of rotatable bonds is 6. The molecule has 8 heteroatoms. The number of amides is 2. The summed E-state index contributed by atoms with van der Waals surface area (Å²) in [5, 5.41) is 6.30. The Bertz CT molecular complexity index is 1140. The van der Waals surface area contributed by atoms with Gasteiger partial charge in [0, 0.05) is 5.69 Å². The van der Waals surface area contributed by atoms with Crippen LogP contribution in [-0.4, -0.2) is 31.1 Å². The number of carbonyl (C=O) groups excluding carboxylic acids is 3. The van der Waals surface area contributed by atoms with Crippen LogP contribution in [0.25, 0.3) is 0 Å². The van der Waals surface area contributed by atoms with Crippen molar-refractivity contribution in [2.45, 2.75) is 6.92 Å². The van der Waals surface area contributed by atoms with E-state index in [-0.39, 0.29) is 0 Å². The number of para-hydroxylation sites is 1. The Morgan fingerprint density at radius 3 is 2.16 bits per heavy atom. The number of benzene rings is 3. The van der Waals surface area contributed by atoms with Crippen LogP contribution in [0.5, 0.6) is 11.5 Å². The monoisotopic (exact) mass is 431 g/mol. The maximum absolute atomic E-state index is 12.2. The van der Waals surface area contributed by atoms with Crippen LogP contribution < -0.4 is 20.2 Å². The number of hydrogen-bond acceptors (Lipinski definition) is 6. The van der Waals surface area contributed by atoms with E-state index in [0.717, 1.165) is 5.56 Å². The van der Waals surface area contributed by atoms with Crippen molar-refractivity contribution in [1.82, 2.24) is 5.43 Å². The fraction of sp³-hybridized carbons (Fsp3) is 0.0833. The SMILES string of the molecule is COc1ccc(C(=O)Oc2ccc(/C=N/NC(=O)C(=O)Nc3ccccc3C)cc2)cc1. The first kappa shape index (κ1) is 22.2. The molecule has 0 spiro atoms. The number of hydrazone groups is 1. The topological polar surface area (TPSA) is 106 Å². The summed E-state index contributed by atoms with van der Waals surface area (Å²) in [4.78, 5) is 36.0. The molecule has 0 aliphatic carbocycles. The summed E-state index contributed by atoms with van der Waals surface area (Å²) < 4.78 is 10.4. The Kier molecular flexibility index (Phi) is 7.32. The van der Waals surface area contributed by atoms with Crippen LogP contribution >= 0.6 is 0 Å². The van der Waals surface area contributed by atoms with Crippen LogP contribution in [-0.2, 0) is 9.59 Å². The second-order valence-electron chi connectivity index (χ2n) is 6.66. The molecule has 2 N–H and O–H groups in total. The van der Waals surface area contributed by atoms with Crippen LogP contribution in [0.1, 0.15) is 21.5 Å². The number of nitrogens with zero attached hydrogens (tertiary/aromatic N) is 1. The summed E-state index contributed by atoms with van der Waals surface area (Å²) >= 11 is 0. The molecular weight excluding hydrogens is 410 g/mol. The highest BCUT2D eigenvalue weighted by Crippen LogP contribution is 2.16. The molecule has 2 amide bonds. The molecule has 0 atom stereocenters. The second kappa shape index (κ2) is 10.5. The molecule has 0 aromatic heterocycles. The number of carbonyl (C=O) groups is 3. The van der Waals surface area contributed by atoms with Gasteiger partial charge in [-0.3, -0.25) is 9.59 Å². The first-order valence-electron chi connectivity index (χ1n) is 9.62. The van der Waals surface area contributed by atoms with Crippen molar-refractivity contribution in [3.8, 4) is 11.5 Å². The molecule has 32 heavy (non-hydrogen) atoms. The molecule has 0 radical (unpaired) electrons. The number of esters is 1. The number of nitrogens with one attached hydrogen (secondary N) is 2. The lowest BCUT2D eigenvalue weighted by Crippen LogP contribution is -2.32. The van der Waals surface area contributed by atoms with Crippen LogP contribution in [0.4, 0.5) is 5.69 Å². The number of anilines is 1. The van der Waals surface area contributed by atoms with Crippen LogP contribution in [0.15, 0.2) is 77.9 Å². The first-order chi connectivity index (χ1) is 15.5. The molecule has 3 aromatic rings. The number of ether oxygens (including phenoxy) is 2. The molecule has 0 aliphatic heterocycles. The predicted molar refractivity (Wildman–Crippen MR) is 120 cm³/mol. The van der Waals surface area contributed by atoms with E-state index in [1.807, 2.05) is 19.1 Å². The summed E-state index contributed by atoms with van der Waals surface area (Å²) in [6, 6.07) is 20.2. The molecular formula is C24H21N3O5. The number of hydrogen-bond donors (Lipinski definition) is 2. The van der Waals surface area contributed by atoms with Gasteiger partial charge in [-0.25, -0.2) is 10.2 Å². The summed E-state index contributed by atoms with van der Waals surface area (Å²) in [5.74, 6) is -1.22. The van der Waals surface area contributed by atoms with Crippen molar-refractivity contribution < 1.29 is 23.9 Å². The van der Waals surface area contributed by atoms with Crippen molar-refractivity contribution in [3.05, 3.63) is 89.5 Å². The van der Waals surface area contributed by atoms with E-state index in [2.05, 4.69) is 15.8 Å². The zero-order valence-electron chi connectivity index (χ0n) is 17.5. The number of methoxy groups -OCH3 is 1. The summed E-state index contributed by atoms with van der Waals surface area (Å²) in [7, 11) is 1.55. The molecule has 0 heterocycles. The molecule has 8 nitrogen and oxygen atoms in total. The third kappa shape index (κ3) is 6.02. The fourth-order valence-corrected chi connectivity index (χ4v) is 2.62. The minimum absolute atomic E-state index is 0.351. The quantitative estimate of drug-likeness (QED) is 0.205. The summed E-state index contributed by atoms with van der Waals surface area (Å²) in [5.41, 5.74) is 4.59. The van der Waals surface area contributed by atoms with Crippen molar-refractivity contribution in [2.75, 3.05) is 12.4 Å². The molecule has 3 rings (SSSR count).